The number of rotatable bonds is 3. The molecule has 0 fully saturated rings. The normalized spacial score (nSPS) is 11.4. The van der Waals surface area contributed by atoms with E-state index in [1.165, 1.54) is 6.33 Å². The van der Waals surface area contributed by atoms with Crippen molar-refractivity contribution in [2.24, 2.45) is 0 Å². The molecule has 0 bridgehead atoms. The highest BCUT2D eigenvalue weighted by atomic mass is 16.3. The summed E-state index contributed by atoms with van der Waals surface area (Å²) in [4.78, 5) is 20.7. The number of H-pyrrole nitrogens is 2. The minimum Gasteiger partial charge on any atom is -0.472 e. The highest BCUT2D eigenvalue weighted by molar-refractivity contribution is 5.99. The quantitative estimate of drug-likeness (QED) is 0.476. The predicted molar refractivity (Wildman–Crippen MR) is 108 cm³/mol. The van der Waals surface area contributed by atoms with Gasteiger partial charge in [-0.2, -0.15) is 5.10 Å². The van der Waals surface area contributed by atoms with E-state index in [0.717, 1.165) is 50.1 Å². The summed E-state index contributed by atoms with van der Waals surface area (Å²) in [5.41, 5.74) is 6.98. The van der Waals surface area contributed by atoms with Crippen LogP contribution in [0.4, 0.5) is 0 Å². The summed E-state index contributed by atoms with van der Waals surface area (Å²) in [7, 11) is 0. The first-order chi connectivity index (χ1) is 14.4. The van der Waals surface area contributed by atoms with Crippen LogP contribution in [0.5, 0.6) is 0 Å². The molecule has 0 aliphatic carbocycles. The van der Waals surface area contributed by atoms with Crippen molar-refractivity contribution in [1.29, 1.82) is 0 Å². The van der Waals surface area contributed by atoms with Gasteiger partial charge in [0.1, 0.15) is 12.0 Å². The SMILES string of the molecule is c1ncc(-c2cnc3[nH]nc(-c4cc5c(-c6ccoc6)nccc5[nH]4)c3c2)cn1. The van der Waals surface area contributed by atoms with E-state index in [-0.39, 0.29) is 0 Å². The zero-order valence-corrected chi connectivity index (χ0v) is 15.0. The van der Waals surface area contributed by atoms with Crippen molar-refractivity contribution in [3.8, 4) is 33.8 Å². The van der Waals surface area contributed by atoms with Crippen LogP contribution in [0.2, 0.25) is 0 Å². The number of aromatic nitrogens is 7. The molecule has 2 N–H and O–H groups in total. The lowest BCUT2D eigenvalue weighted by Crippen LogP contribution is -1.85. The fourth-order valence-electron chi connectivity index (χ4n) is 3.53. The first-order valence-corrected chi connectivity index (χ1v) is 8.97. The number of furan rings is 1. The number of aromatic amines is 2. The first-order valence-electron chi connectivity index (χ1n) is 8.97. The number of nitrogens with zero attached hydrogens (tertiary/aromatic N) is 5. The average molecular weight is 379 g/mol. The molecule has 29 heavy (non-hydrogen) atoms. The van der Waals surface area contributed by atoms with Crippen molar-refractivity contribution in [2.45, 2.75) is 0 Å². The van der Waals surface area contributed by atoms with Gasteiger partial charge in [0.25, 0.3) is 0 Å². The maximum absolute atomic E-state index is 5.22. The third-order valence-electron chi connectivity index (χ3n) is 4.91. The topological polar surface area (TPSA) is 109 Å². The fraction of sp³-hybridized carbons (Fsp3) is 0. The van der Waals surface area contributed by atoms with E-state index in [1.54, 1.807) is 37.3 Å². The van der Waals surface area contributed by atoms with Gasteiger partial charge in [-0.25, -0.2) is 15.0 Å². The van der Waals surface area contributed by atoms with Crippen LogP contribution in [0, 0.1) is 0 Å². The van der Waals surface area contributed by atoms with E-state index in [4.69, 9.17) is 4.42 Å². The van der Waals surface area contributed by atoms with E-state index in [2.05, 4.69) is 41.2 Å². The monoisotopic (exact) mass is 379 g/mol. The second kappa shape index (κ2) is 6.10. The zero-order chi connectivity index (χ0) is 19.2. The molecule has 6 rings (SSSR count). The van der Waals surface area contributed by atoms with Gasteiger partial charge >= 0.3 is 0 Å². The molecule has 0 aromatic carbocycles. The summed E-state index contributed by atoms with van der Waals surface area (Å²) < 4.78 is 5.22. The van der Waals surface area contributed by atoms with Gasteiger partial charge in [0, 0.05) is 57.8 Å². The van der Waals surface area contributed by atoms with Crippen molar-refractivity contribution < 1.29 is 4.42 Å². The van der Waals surface area contributed by atoms with Crippen molar-refractivity contribution in [3.05, 3.63) is 67.9 Å². The number of nitrogens with one attached hydrogen (secondary N) is 2. The molecule has 0 atom stereocenters. The van der Waals surface area contributed by atoms with E-state index in [0.29, 0.717) is 5.65 Å². The van der Waals surface area contributed by atoms with Gasteiger partial charge in [0.2, 0.25) is 0 Å². The van der Waals surface area contributed by atoms with Crippen LogP contribution in [0.25, 0.3) is 55.7 Å². The predicted octanol–water partition coefficient (Wildman–Crippen LogP) is 4.22. The highest BCUT2D eigenvalue weighted by Crippen LogP contribution is 2.33. The number of fused-ring (bicyclic) bond motifs is 2. The van der Waals surface area contributed by atoms with Gasteiger partial charge in [0.15, 0.2) is 5.65 Å². The maximum atomic E-state index is 5.22. The van der Waals surface area contributed by atoms with Crippen LogP contribution in [0.15, 0.2) is 72.3 Å². The molecule has 0 aliphatic rings. The molecule has 0 spiro atoms. The molecule has 6 aromatic rings. The van der Waals surface area contributed by atoms with Crippen LogP contribution < -0.4 is 0 Å². The Kier molecular flexibility index (Phi) is 3.30. The number of hydrogen-bond donors (Lipinski definition) is 2. The minimum atomic E-state index is 0.715. The number of pyridine rings is 2. The number of hydrogen-bond acceptors (Lipinski definition) is 6. The summed E-state index contributed by atoms with van der Waals surface area (Å²) in [6.07, 6.45) is 11.9. The Bertz CT molecular complexity index is 1450. The van der Waals surface area contributed by atoms with Crippen molar-refractivity contribution >= 4 is 21.9 Å². The summed E-state index contributed by atoms with van der Waals surface area (Å²) in [5.74, 6) is 0. The van der Waals surface area contributed by atoms with Crippen molar-refractivity contribution in [3.63, 3.8) is 0 Å². The Balaban J connectivity index is 1.53. The fourth-order valence-corrected chi connectivity index (χ4v) is 3.53. The van der Waals surface area contributed by atoms with Crippen LogP contribution in [0.3, 0.4) is 0 Å². The Morgan fingerprint density at radius 1 is 0.828 bits per heavy atom. The van der Waals surface area contributed by atoms with E-state index in [1.807, 2.05) is 18.2 Å². The van der Waals surface area contributed by atoms with Crippen molar-refractivity contribution in [2.75, 3.05) is 0 Å². The Hall–Kier alpha value is -4.33. The van der Waals surface area contributed by atoms with Crippen LogP contribution in [-0.4, -0.2) is 35.1 Å². The molecule has 6 aromatic heterocycles. The standard InChI is InChI=1S/C21H13N7O/c1-3-24-19(12-2-4-29-10-12)15-6-18(26-17(1)15)20-16-5-13(9-25-21(16)28-27-20)14-7-22-11-23-8-14/h1-11,26H,(H,25,27,28). The highest BCUT2D eigenvalue weighted by Gasteiger charge is 2.15. The first kappa shape index (κ1) is 15.7. The smallest absolute Gasteiger partial charge is 0.155 e. The molecular formula is C21H13N7O. The Labute approximate surface area is 163 Å². The van der Waals surface area contributed by atoms with Crippen LogP contribution in [0.1, 0.15) is 0 Å². The van der Waals surface area contributed by atoms with Gasteiger partial charge in [-0.1, -0.05) is 0 Å². The second-order valence-corrected chi connectivity index (χ2v) is 6.64. The summed E-state index contributed by atoms with van der Waals surface area (Å²) in [5, 5.41) is 9.42. The average Bonchev–Trinajstić information content (AvgIpc) is 3.52. The Morgan fingerprint density at radius 2 is 1.76 bits per heavy atom. The van der Waals surface area contributed by atoms with Gasteiger partial charge in [-0.3, -0.25) is 10.1 Å². The van der Waals surface area contributed by atoms with Crippen LogP contribution in [-0.2, 0) is 0 Å². The zero-order valence-electron chi connectivity index (χ0n) is 15.0. The molecule has 0 amide bonds. The second-order valence-electron chi connectivity index (χ2n) is 6.64. The molecule has 6 heterocycles. The van der Waals surface area contributed by atoms with E-state index in [9.17, 15) is 0 Å². The van der Waals surface area contributed by atoms with E-state index >= 15 is 0 Å². The van der Waals surface area contributed by atoms with Gasteiger partial charge in [-0.05, 0) is 24.3 Å². The summed E-state index contributed by atoms with van der Waals surface area (Å²) in [6, 6.07) is 7.94. The molecule has 8 heteroatoms. The summed E-state index contributed by atoms with van der Waals surface area (Å²) in [6.45, 7) is 0. The molecule has 0 unspecified atom stereocenters. The molecule has 8 nitrogen and oxygen atoms in total. The molecule has 0 aliphatic heterocycles. The Morgan fingerprint density at radius 3 is 2.62 bits per heavy atom. The third-order valence-corrected chi connectivity index (χ3v) is 4.91. The lowest BCUT2D eigenvalue weighted by molar-refractivity contribution is 0.568. The van der Waals surface area contributed by atoms with Gasteiger partial charge in [0.05, 0.1) is 23.9 Å². The van der Waals surface area contributed by atoms with Gasteiger partial charge < -0.3 is 9.40 Å². The lowest BCUT2D eigenvalue weighted by Gasteiger charge is -2.00. The third kappa shape index (κ3) is 2.50. The molecule has 138 valence electrons. The van der Waals surface area contributed by atoms with Gasteiger partial charge in [-0.15, -0.1) is 0 Å². The van der Waals surface area contributed by atoms with Crippen molar-refractivity contribution in [1.82, 2.24) is 35.1 Å². The molecular weight excluding hydrogens is 366 g/mol. The largest absolute Gasteiger partial charge is 0.472 e. The van der Waals surface area contributed by atoms with Crippen LogP contribution >= 0.6 is 0 Å². The minimum absolute atomic E-state index is 0.715. The molecule has 0 saturated carbocycles. The lowest BCUT2D eigenvalue weighted by atomic mass is 10.1. The summed E-state index contributed by atoms with van der Waals surface area (Å²) >= 11 is 0. The van der Waals surface area contributed by atoms with E-state index < -0.39 is 0 Å². The molecule has 0 saturated heterocycles. The maximum Gasteiger partial charge on any atom is 0.155 e. The molecule has 0 radical (unpaired) electrons.